The molecule has 0 aliphatic carbocycles. The molecule has 1 nitrogen and oxygen atoms in total. The van der Waals surface area contributed by atoms with E-state index < -0.39 is 0 Å². The molecule has 0 saturated carbocycles. The molecule has 14 heavy (non-hydrogen) atoms. The number of benzene rings is 1. The van der Waals surface area contributed by atoms with E-state index in [-0.39, 0.29) is 12.4 Å². The maximum absolute atomic E-state index is 3.33. The molecule has 0 heterocycles. The van der Waals surface area contributed by atoms with Gasteiger partial charge in [0.2, 0.25) is 0 Å². The summed E-state index contributed by atoms with van der Waals surface area (Å²) in [6, 6.07) is 8.76. The van der Waals surface area contributed by atoms with Crippen molar-refractivity contribution in [2.75, 3.05) is 13.1 Å². The van der Waals surface area contributed by atoms with Crippen LogP contribution < -0.4 is 5.32 Å². The normalized spacial score (nSPS) is 9.57. The van der Waals surface area contributed by atoms with Gasteiger partial charge in [0, 0.05) is 0 Å². The van der Waals surface area contributed by atoms with Crippen molar-refractivity contribution in [2.24, 2.45) is 0 Å². The van der Waals surface area contributed by atoms with E-state index in [1.807, 2.05) is 0 Å². The molecule has 0 aliphatic heterocycles. The topological polar surface area (TPSA) is 12.0 Å². The van der Waals surface area contributed by atoms with Crippen LogP contribution in [-0.2, 0) is 6.42 Å². The molecular weight excluding hydrogens is 194 g/mol. The van der Waals surface area contributed by atoms with Gasteiger partial charge in [-0.3, -0.25) is 0 Å². The second-order valence-electron chi connectivity index (χ2n) is 3.45. The monoisotopic (exact) mass is 213 g/mol. The lowest BCUT2D eigenvalue weighted by Gasteiger charge is -2.03. The van der Waals surface area contributed by atoms with Crippen LogP contribution in [0.5, 0.6) is 0 Å². The van der Waals surface area contributed by atoms with Gasteiger partial charge in [-0.1, -0.05) is 36.8 Å². The molecule has 0 spiro atoms. The van der Waals surface area contributed by atoms with Gasteiger partial charge in [0.1, 0.15) is 0 Å². The molecule has 1 rings (SSSR count). The number of halogens is 1. The van der Waals surface area contributed by atoms with Gasteiger partial charge >= 0.3 is 0 Å². The summed E-state index contributed by atoms with van der Waals surface area (Å²) in [5, 5.41) is 3.33. The number of rotatable bonds is 5. The van der Waals surface area contributed by atoms with Crippen LogP contribution in [0.1, 0.15) is 24.5 Å². The summed E-state index contributed by atoms with van der Waals surface area (Å²) in [5.41, 5.74) is 2.82. The Bertz CT molecular complexity index is 248. The zero-order valence-corrected chi connectivity index (χ0v) is 9.86. The molecule has 1 N–H and O–H groups in total. The Hall–Kier alpha value is -0.530. The van der Waals surface area contributed by atoms with Crippen molar-refractivity contribution in [1.29, 1.82) is 0 Å². The van der Waals surface area contributed by atoms with E-state index in [1.54, 1.807) is 0 Å². The molecule has 0 aromatic heterocycles. The van der Waals surface area contributed by atoms with Crippen LogP contribution in [0, 0.1) is 6.92 Å². The van der Waals surface area contributed by atoms with Gasteiger partial charge in [0.25, 0.3) is 0 Å². The third kappa shape index (κ3) is 5.25. The van der Waals surface area contributed by atoms with Gasteiger partial charge in [0.15, 0.2) is 0 Å². The zero-order valence-electron chi connectivity index (χ0n) is 9.05. The molecule has 0 aliphatic rings. The summed E-state index contributed by atoms with van der Waals surface area (Å²) in [6.45, 7) is 6.50. The van der Waals surface area contributed by atoms with Crippen molar-refractivity contribution >= 4 is 12.4 Å². The fourth-order valence-electron chi connectivity index (χ4n) is 1.46. The molecule has 0 bridgehead atoms. The SMILES string of the molecule is CCNCCCc1cccc(C)c1.Cl. The van der Waals surface area contributed by atoms with E-state index in [4.69, 9.17) is 0 Å². The maximum atomic E-state index is 3.33. The van der Waals surface area contributed by atoms with Crippen molar-refractivity contribution in [3.63, 3.8) is 0 Å². The van der Waals surface area contributed by atoms with Crippen LogP contribution in [0.2, 0.25) is 0 Å². The zero-order chi connectivity index (χ0) is 9.52. The average molecular weight is 214 g/mol. The molecule has 0 radical (unpaired) electrons. The van der Waals surface area contributed by atoms with Crippen LogP contribution in [0.3, 0.4) is 0 Å². The van der Waals surface area contributed by atoms with E-state index in [2.05, 4.69) is 43.4 Å². The standard InChI is InChI=1S/C12H19N.ClH/c1-3-13-9-5-8-12-7-4-6-11(2)10-12;/h4,6-7,10,13H,3,5,8-9H2,1-2H3;1H. The molecular formula is C12H20ClN. The Kier molecular flexibility index (Phi) is 7.54. The first-order valence-corrected chi connectivity index (χ1v) is 5.09. The lowest BCUT2D eigenvalue weighted by atomic mass is 10.1. The van der Waals surface area contributed by atoms with Gasteiger partial charge in [0.05, 0.1) is 0 Å². The molecule has 2 heteroatoms. The average Bonchev–Trinajstić information content (AvgIpc) is 2.13. The molecule has 0 unspecified atom stereocenters. The first-order chi connectivity index (χ1) is 6.33. The van der Waals surface area contributed by atoms with Gasteiger partial charge < -0.3 is 5.32 Å². The Morgan fingerprint density at radius 2 is 2.07 bits per heavy atom. The second-order valence-corrected chi connectivity index (χ2v) is 3.45. The van der Waals surface area contributed by atoms with E-state index in [9.17, 15) is 0 Å². The second kappa shape index (κ2) is 7.84. The fraction of sp³-hybridized carbons (Fsp3) is 0.500. The van der Waals surface area contributed by atoms with Crippen molar-refractivity contribution in [3.8, 4) is 0 Å². The first kappa shape index (κ1) is 13.5. The summed E-state index contributed by atoms with van der Waals surface area (Å²) in [7, 11) is 0. The van der Waals surface area contributed by atoms with E-state index >= 15 is 0 Å². The largest absolute Gasteiger partial charge is 0.317 e. The number of hydrogen-bond donors (Lipinski definition) is 1. The summed E-state index contributed by atoms with van der Waals surface area (Å²) in [5.74, 6) is 0. The molecule has 1 aromatic carbocycles. The Morgan fingerprint density at radius 1 is 1.29 bits per heavy atom. The molecule has 1 aromatic rings. The Morgan fingerprint density at radius 3 is 2.71 bits per heavy atom. The van der Waals surface area contributed by atoms with Crippen molar-refractivity contribution in [2.45, 2.75) is 26.7 Å². The van der Waals surface area contributed by atoms with Crippen molar-refractivity contribution in [1.82, 2.24) is 5.32 Å². The summed E-state index contributed by atoms with van der Waals surface area (Å²) >= 11 is 0. The van der Waals surface area contributed by atoms with Crippen LogP contribution in [0.25, 0.3) is 0 Å². The smallest absolute Gasteiger partial charge is 0.00459 e. The highest BCUT2D eigenvalue weighted by atomic mass is 35.5. The lowest BCUT2D eigenvalue weighted by molar-refractivity contribution is 0.672. The van der Waals surface area contributed by atoms with Gasteiger partial charge in [-0.25, -0.2) is 0 Å². The quantitative estimate of drug-likeness (QED) is 0.742. The Balaban J connectivity index is 0.00000169. The number of nitrogens with one attached hydrogen (secondary N) is 1. The molecule has 80 valence electrons. The minimum Gasteiger partial charge on any atom is -0.317 e. The number of aryl methyl sites for hydroxylation is 2. The number of hydrogen-bond acceptors (Lipinski definition) is 1. The van der Waals surface area contributed by atoms with E-state index in [0.29, 0.717) is 0 Å². The third-order valence-electron chi connectivity index (χ3n) is 2.15. The summed E-state index contributed by atoms with van der Waals surface area (Å²) in [4.78, 5) is 0. The third-order valence-corrected chi connectivity index (χ3v) is 2.15. The first-order valence-electron chi connectivity index (χ1n) is 5.09. The maximum Gasteiger partial charge on any atom is -0.00459 e. The van der Waals surface area contributed by atoms with Crippen LogP contribution >= 0.6 is 12.4 Å². The molecule has 0 atom stereocenters. The van der Waals surface area contributed by atoms with E-state index in [1.165, 1.54) is 24.0 Å². The highest BCUT2D eigenvalue weighted by Gasteiger charge is 1.92. The molecule has 0 fully saturated rings. The lowest BCUT2D eigenvalue weighted by Crippen LogP contribution is -2.14. The van der Waals surface area contributed by atoms with Crippen molar-refractivity contribution < 1.29 is 0 Å². The highest BCUT2D eigenvalue weighted by molar-refractivity contribution is 5.85. The Labute approximate surface area is 93.3 Å². The van der Waals surface area contributed by atoms with Crippen LogP contribution in [-0.4, -0.2) is 13.1 Å². The summed E-state index contributed by atoms with van der Waals surface area (Å²) < 4.78 is 0. The van der Waals surface area contributed by atoms with Gasteiger partial charge in [-0.15, -0.1) is 12.4 Å². The van der Waals surface area contributed by atoms with Crippen LogP contribution in [0.15, 0.2) is 24.3 Å². The summed E-state index contributed by atoms with van der Waals surface area (Å²) in [6.07, 6.45) is 2.42. The molecule has 0 amide bonds. The van der Waals surface area contributed by atoms with Crippen molar-refractivity contribution in [3.05, 3.63) is 35.4 Å². The minimum atomic E-state index is 0. The highest BCUT2D eigenvalue weighted by Crippen LogP contribution is 2.05. The fourth-order valence-corrected chi connectivity index (χ4v) is 1.46. The van der Waals surface area contributed by atoms with Gasteiger partial charge in [-0.2, -0.15) is 0 Å². The molecule has 0 saturated heterocycles. The van der Waals surface area contributed by atoms with Crippen LogP contribution in [0.4, 0.5) is 0 Å². The predicted molar refractivity (Wildman–Crippen MR) is 65.3 cm³/mol. The minimum absolute atomic E-state index is 0. The van der Waals surface area contributed by atoms with E-state index in [0.717, 1.165) is 13.1 Å². The van der Waals surface area contributed by atoms with Gasteiger partial charge in [-0.05, 0) is 38.4 Å². The predicted octanol–water partition coefficient (Wildman–Crippen LogP) is 2.96.